The molecule has 0 aliphatic carbocycles. The number of likely N-dealkylation sites (N-methyl/N-ethyl adjacent to an activating group) is 1. The highest BCUT2D eigenvalue weighted by Gasteiger charge is 2.21. The summed E-state index contributed by atoms with van der Waals surface area (Å²) in [6, 6.07) is 10.2. The van der Waals surface area contributed by atoms with Crippen LogP contribution in [0.15, 0.2) is 36.4 Å². The van der Waals surface area contributed by atoms with E-state index in [0.717, 1.165) is 30.1 Å². The molecule has 8 heteroatoms. The van der Waals surface area contributed by atoms with E-state index in [9.17, 15) is 14.7 Å². The fourth-order valence-electron chi connectivity index (χ4n) is 3.11. The number of aromatic hydroxyl groups is 1. The summed E-state index contributed by atoms with van der Waals surface area (Å²) in [6.07, 6.45) is 0.837. The number of nitrogens with one attached hydrogen (secondary N) is 2. The summed E-state index contributed by atoms with van der Waals surface area (Å²) in [5.41, 5.74) is 1.45. The van der Waals surface area contributed by atoms with Crippen molar-refractivity contribution in [2.45, 2.75) is 13.0 Å². The van der Waals surface area contributed by atoms with Crippen LogP contribution in [-0.2, 0) is 22.6 Å². The zero-order valence-corrected chi connectivity index (χ0v) is 15.5. The van der Waals surface area contributed by atoms with Gasteiger partial charge in [-0.25, -0.2) is 4.98 Å². The van der Waals surface area contributed by atoms with Crippen molar-refractivity contribution in [3.8, 4) is 5.75 Å². The van der Waals surface area contributed by atoms with Gasteiger partial charge in [0, 0.05) is 40.8 Å². The third-order valence-electron chi connectivity index (χ3n) is 4.50. The Bertz CT molecular complexity index is 1050. The number of fused-ring (bicyclic) bond motifs is 2. The fourth-order valence-corrected chi connectivity index (χ4v) is 4.20. The molecule has 138 valence electrons. The summed E-state index contributed by atoms with van der Waals surface area (Å²) < 4.78 is 0. The number of anilines is 2. The predicted octanol–water partition coefficient (Wildman–Crippen LogP) is 2.57. The van der Waals surface area contributed by atoms with Gasteiger partial charge >= 0.3 is 11.8 Å². The quantitative estimate of drug-likeness (QED) is 0.592. The van der Waals surface area contributed by atoms with Gasteiger partial charge in [-0.1, -0.05) is 24.3 Å². The van der Waals surface area contributed by atoms with E-state index >= 15 is 0 Å². The molecule has 2 aromatic carbocycles. The first-order chi connectivity index (χ1) is 13.0. The van der Waals surface area contributed by atoms with Crippen LogP contribution in [-0.4, -0.2) is 40.4 Å². The average Bonchev–Trinajstić information content (AvgIpc) is 3.03. The molecule has 0 radical (unpaired) electrons. The molecule has 1 aliphatic rings. The number of aromatic nitrogens is 1. The highest BCUT2D eigenvalue weighted by molar-refractivity contribution is 7.16. The standard InChI is InChI=1S/C19H18N4O3S/c1-23-9-8-14-16(10-23)27-19(21-14)22-18(26)17(25)20-13-6-2-5-12-11(13)4-3-7-15(12)24/h2-7,24H,8-10H2,1H3,(H,20,25)(H,21,22,26). The maximum absolute atomic E-state index is 12.3. The second kappa shape index (κ2) is 6.98. The monoisotopic (exact) mass is 382 g/mol. The molecule has 3 N–H and O–H groups in total. The first kappa shape index (κ1) is 17.4. The van der Waals surface area contributed by atoms with E-state index in [1.165, 1.54) is 11.3 Å². The molecule has 27 heavy (non-hydrogen) atoms. The molecule has 0 unspecified atom stereocenters. The van der Waals surface area contributed by atoms with Gasteiger partial charge in [-0.3, -0.25) is 14.9 Å². The van der Waals surface area contributed by atoms with E-state index < -0.39 is 11.8 Å². The van der Waals surface area contributed by atoms with E-state index in [0.29, 0.717) is 21.6 Å². The Morgan fingerprint density at radius 3 is 2.70 bits per heavy atom. The first-order valence-corrected chi connectivity index (χ1v) is 9.33. The number of thiazole rings is 1. The van der Waals surface area contributed by atoms with Crippen LogP contribution in [0.3, 0.4) is 0 Å². The van der Waals surface area contributed by atoms with E-state index in [1.807, 2.05) is 7.05 Å². The minimum atomic E-state index is -0.781. The normalized spacial score (nSPS) is 14.0. The summed E-state index contributed by atoms with van der Waals surface area (Å²) >= 11 is 1.40. The molecule has 0 fully saturated rings. The molecule has 0 saturated heterocycles. The van der Waals surface area contributed by atoms with E-state index in [2.05, 4.69) is 20.5 Å². The highest BCUT2D eigenvalue weighted by atomic mass is 32.1. The lowest BCUT2D eigenvalue weighted by Gasteiger charge is -2.20. The Balaban J connectivity index is 1.49. The molecule has 2 amide bonds. The third kappa shape index (κ3) is 3.49. The molecule has 1 aliphatic heterocycles. The number of rotatable bonds is 2. The molecule has 3 aromatic rings. The smallest absolute Gasteiger partial charge is 0.315 e. The topological polar surface area (TPSA) is 94.6 Å². The van der Waals surface area contributed by atoms with E-state index in [-0.39, 0.29) is 5.75 Å². The maximum Gasteiger partial charge on any atom is 0.315 e. The predicted molar refractivity (Wildman–Crippen MR) is 105 cm³/mol. The zero-order chi connectivity index (χ0) is 19.0. The Morgan fingerprint density at radius 1 is 1.11 bits per heavy atom. The SMILES string of the molecule is CN1CCc2nc(NC(=O)C(=O)Nc3cccc4c(O)cccc34)sc2C1. The van der Waals surface area contributed by atoms with Crippen LogP contribution in [0.25, 0.3) is 10.8 Å². The highest BCUT2D eigenvalue weighted by Crippen LogP contribution is 2.30. The van der Waals surface area contributed by atoms with Crippen LogP contribution in [0.4, 0.5) is 10.8 Å². The Hall–Kier alpha value is -2.97. The summed E-state index contributed by atoms with van der Waals surface area (Å²) in [6.45, 7) is 1.73. The lowest BCUT2D eigenvalue weighted by Crippen LogP contribution is -2.29. The van der Waals surface area contributed by atoms with Crippen molar-refractivity contribution in [1.29, 1.82) is 0 Å². The van der Waals surface area contributed by atoms with Crippen LogP contribution in [0.1, 0.15) is 10.6 Å². The minimum absolute atomic E-state index is 0.117. The summed E-state index contributed by atoms with van der Waals surface area (Å²) in [5, 5.41) is 16.8. The summed E-state index contributed by atoms with van der Waals surface area (Å²) in [5.74, 6) is -1.44. The number of phenolic OH excluding ortho intramolecular Hbond substituents is 1. The fraction of sp³-hybridized carbons (Fsp3) is 0.211. The molecule has 0 bridgehead atoms. The molecule has 1 aromatic heterocycles. The van der Waals surface area contributed by atoms with Gasteiger partial charge in [0.2, 0.25) is 0 Å². The van der Waals surface area contributed by atoms with Crippen LogP contribution in [0.2, 0.25) is 0 Å². The van der Waals surface area contributed by atoms with Crippen LogP contribution < -0.4 is 10.6 Å². The van der Waals surface area contributed by atoms with Gasteiger partial charge in [-0.15, -0.1) is 11.3 Å². The minimum Gasteiger partial charge on any atom is -0.507 e. The van der Waals surface area contributed by atoms with Gasteiger partial charge in [-0.05, 0) is 19.2 Å². The number of phenols is 1. The zero-order valence-electron chi connectivity index (χ0n) is 14.7. The largest absolute Gasteiger partial charge is 0.507 e. The van der Waals surface area contributed by atoms with Crippen molar-refractivity contribution in [2.75, 3.05) is 24.2 Å². The molecule has 4 rings (SSSR count). The van der Waals surface area contributed by atoms with Gasteiger partial charge in [0.25, 0.3) is 0 Å². The van der Waals surface area contributed by atoms with Crippen LogP contribution in [0.5, 0.6) is 5.75 Å². The molecule has 7 nitrogen and oxygen atoms in total. The van der Waals surface area contributed by atoms with Gasteiger partial charge in [0.1, 0.15) is 5.75 Å². The first-order valence-electron chi connectivity index (χ1n) is 8.51. The summed E-state index contributed by atoms with van der Waals surface area (Å²) in [4.78, 5) is 32.3. The van der Waals surface area contributed by atoms with Crippen molar-refractivity contribution < 1.29 is 14.7 Å². The lowest BCUT2D eigenvalue weighted by molar-refractivity contribution is -0.132. The van der Waals surface area contributed by atoms with Gasteiger partial charge in [0.15, 0.2) is 5.13 Å². The second-order valence-corrected chi connectivity index (χ2v) is 7.55. The van der Waals surface area contributed by atoms with Gasteiger partial charge in [-0.2, -0.15) is 0 Å². The summed E-state index contributed by atoms with van der Waals surface area (Å²) in [7, 11) is 2.04. The lowest BCUT2D eigenvalue weighted by atomic mass is 10.1. The van der Waals surface area contributed by atoms with Crippen molar-refractivity contribution >= 4 is 44.7 Å². The maximum atomic E-state index is 12.3. The van der Waals surface area contributed by atoms with Gasteiger partial charge < -0.3 is 15.3 Å². The van der Waals surface area contributed by atoms with E-state index in [1.54, 1.807) is 36.4 Å². The molecular formula is C19H18N4O3S. The Morgan fingerprint density at radius 2 is 1.85 bits per heavy atom. The Labute approximate surface area is 159 Å². The average molecular weight is 382 g/mol. The number of carbonyl (C=O) groups is 2. The second-order valence-electron chi connectivity index (χ2n) is 6.46. The Kier molecular flexibility index (Phi) is 4.51. The molecule has 0 atom stereocenters. The molecule has 2 heterocycles. The number of hydrogen-bond acceptors (Lipinski definition) is 6. The number of carbonyl (C=O) groups excluding carboxylic acids is 2. The van der Waals surface area contributed by atoms with Gasteiger partial charge in [0.05, 0.1) is 5.69 Å². The molecule has 0 spiro atoms. The van der Waals surface area contributed by atoms with Crippen molar-refractivity contribution in [3.05, 3.63) is 47.0 Å². The number of benzene rings is 2. The number of nitrogens with zero attached hydrogens (tertiary/aromatic N) is 2. The molecular weight excluding hydrogens is 364 g/mol. The van der Waals surface area contributed by atoms with Crippen molar-refractivity contribution in [2.24, 2.45) is 0 Å². The van der Waals surface area contributed by atoms with Crippen molar-refractivity contribution in [3.63, 3.8) is 0 Å². The van der Waals surface area contributed by atoms with Crippen LogP contribution >= 0.6 is 11.3 Å². The number of amides is 2. The van der Waals surface area contributed by atoms with Crippen molar-refractivity contribution in [1.82, 2.24) is 9.88 Å². The number of hydrogen-bond donors (Lipinski definition) is 3. The molecule has 0 saturated carbocycles. The third-order valence-corrected chi connectivity index (χ3v) is 5.49. The van der Waals surface area contributed by atoms with Crippen LogP contribution in [0, 0.1) is 0 Å². The van der Waals surface area contributed by atoms with E-state index in [4.69, 9.17) is 0 Å².